The molecule has 0 bridgehead atoms. The Morgan fingerprint density at radius 1 is 0.742 bits per heavy atom. The van der Waals surface area contributed by atoms with Crippen LogP contribution in [0.2, 0.25) is 0 Å². The van der Waals surface area contributed by atoms with Crippen molar-refractivity contribution in [3.63, 3.8) is 0 Å². The summed E-state index contributed by atoms with van der Waals surface area (Å²) in [7, 11) is 0. The van der Waals surface area contributed by atoms with E-state index < -0.39 is 36.4 Å². The summed E-state index contributed by atoms with van der Waals surface area (Å²) in [5.41, 5.74) is -0.427. The Balaban J connectivity index is 2.82. The molecule has 13 heteroatoms. The fraction of sp³-hybridized carbons (Fsp3) is 0.722. The zero-order chi connectivity index (χ0) is 23.3. The van der Waals surface area contributed by atoms with Crippen molar-refractivity contribution in [2.45, 2.75) is 19.3 Å². The molecule has 13 nitrogen and oxygen atoms in total. The van der Waals surface area contributed by atoms with Crippen LogP contribution in [0.3, 0.4) is 0 Å². The van der Waals surface area contributed by atoms with Gasteiger partial charge in [-0.1, -0.05) is 6.42 Å². The van der Waals surface area contributed by atoms with E-state index in [0.717, 1.165) is 6.42 Å². The number of carboxylic acid groups (broad SMARTS) is 3. The Bertz CT molecular complexity index is 598. The average molecular weight is 447 g/mol. The number of carbonyl (C=O) groups excluding carboxylic acids is 2. The number of carboxylic acids is 3. The summed E-state index contributed by atoms with van der Waals surface area (Å²) >= 11 is 0. The highest BCUT2D eigenvalue weighted by Crippen LogP contribution is 2.42. The maximum atomic E-state index is 11.3. The molecule has 0 unspecified atom stereocenters. The van der Waals surface area contributed by atoms with Crippen LogP contribution in [0, 0.1) is 5.41 Å². The topological polar surface area (TPSA) is 174 Å². The summed E-state index contributed by atoms with van der Waals surface area (Å²) in [5.74, 6) is -3.33. The quantitative estimate of drug-likeness (QED) is 0.155. The van der Waals surface area contributed by atoms with Crippen LogP contribution < -0.4 is 0 Å². The van der Waals surface area contributed by atoms with Crippen LogP contribution in [-0.2, 0) is 33.4 Å². The molecule has 1 aliphatic carbocycles. The third-order valence-electron chi connectivity index (χ3n) is 4.99. The molecular weight excluding hydrogens is 418 g/mol. The van der Waals surface area contributed by atoms with Crippen molar-refractivity contribution in [2.75, 3.05) is 59.3 Å². The summed E-state index contributed by atoms with van der Waals surface area (Å²) in [6, 6.07) is 0. The largest absolute Gasteiger partial charge is 0.480 e. The van der Waals surface area contributed by atoms with E-state index in [2.05, 4.69) is 9.47 Å². The molecule has 0 aromatic heterocycles. The summed E-state index contributed by atoms with van der Waals surface area (Å²) in [5, 5.41) is 27.4. The van der Waals surface area contributed by atoms with Gasteiger partial charge in [-0.05, 0) is 18.3 Å². The Morgan fingerprint density at radius 2 is 1.16 bits per heavy atom. The van der Waals surface area contributed by atoms with Crippen molar-refractivity contribution in [3.8, 4) is 0 Å². The van der Waals surface area contributed by atoms with E-state index in [1.54, 1.807) is 4.90 Å². The molecule has 31 heavy (non-hydrogen) atoms. The van der Waals surface area contributed by atoms with E-state index in [0.29, 0.717) is 19.4 Å². The second kappa shape index (κ2) is 13.5. The smallest absolute Gasteiger partial charge is 0.317 e. The van der Waals surface area contributed by atoms with Crippen LogP contribution in [-0.4, -0.2) is 120 Å². The zero-order valence-electron chi connectivity index (χ0n) is 17.2. The molecule has 0 heterocycles. The van der Waals surface area contributed by atoms with Gasteiger partial charge in [0.25, 0.3) is 12.9 Å². The molecule has 1 rings (SSSR count). The van der Waals surface area contributed by atoms with Gasteiger partial charge < -0.3 is 24.8 Å². The number of hydrogen-bond acceptors (Lipinski definition) is 10. The molecule has 0 radical (unpaired) electrons. The number of carbonyl (C=O) groups is 5. The lowest BCUT2D eigenvalue weighted by Crippen LogP contribution is -2.53. The molecule has 1 fully saturated rings. The molecule has 3 N–H and O–H groups in total. The zero-order valence-corrected chi connectivity index (χ0v) is 17.2. The van der Waals surface area contributed by atoms with Gasteiger partial charge in [-0.3, -0.25) is 33.8 Å². The Kier molecular flexibility index (Phi) is 11.5. The minimum atomic E-state index is -1.14. The Hall–Kier alpha value is -2.77. The van der Waals surface area contributed by atoms with Crippen molar-refractivity contribution >= 4 is 30.9 Å². The van der Waals surface area contributed by atoms with Crippen molar-refractivity contribution < 1.29 is 48.8 Å². The molecule has 0 aromatic carbocycles. The van der Waals surface area contributed by atoms with Crippen LogP contribution in [0.25, 0.3) is 0 Å². The van der Waals surface area contributed by atoms with Crippen molar-refractivity contribution in [3.05, 3.63) is 0 Å². The van der Waals surface area contributed by atoms with Crippen LogP contribution in [0.5, 0.6) is 0 Å². The molecule has 176 valence electrons. The SMILES string of the molecule is O=COCN(CCN(CC(=O)O)CC1(CN(CC(=O)O)CC(=O)O)CCC1)COC=O. The summed E-state index contributed by atoms with van der Waals surface area (Å²) in [4.78, 5) is 58.9. The molecule has 0 atom stereocenters. The van der Waals surface area contributed by atoms with Crippen LogP contribution in [0.4, 0.5) is 0 Å². The highest BCUT2D eigenvalue weighted by atomic mass is 16.6. The van der Waals surface area contributed by atoms with E-state index in [-0.39, 0.29) is 52.6 Å². The van der Waals surface area contributed by atoms with Crippen LogP contribution in [0.15, 0.2) is 0 Å². The van der Waals surface area contributed by atoms with Crippen molar-refractivity contribution in [1.82, 2.24) is 14.7 Å². The molecule has 1 aliphatic rings. The van der Waals surface area contributed by atoms with Crippen LogP contribution in [0.1, 0.15) is 19.3 Å². The van der Waals surface area contributed by atoms with E-state index in [4.69, 9.17) is 10.2 Å². The minimum absolute atomic E-state index is 0.144. The molecule has 1 saturated carbocycles. The molecule has 0 aromatic rings. The first-order valence-corrected chi connectivity index (χ1v) is 9.62. The number of ether oxygens (including phenoxy) is 2. The lowest BCUT2D eigenvalue weighted by Gasteiger charge is -2.47. The van der Waals surface area contributed by atoms with Crippen molar-refractivity contribution in [1.29, 1.82) is 0 Å². The fourth-order valence-electron chi connectivity index (χ4n) is 3.67. The van der Waals surface area contributed by atoms with Gasteiger partial charge in [0, 0.05) is 26.2 Å². The number of hydrogen-bond donors (Lipinski definition) is 3. The van der Waals surface area contributed by atoms with Gasteiger partial charge in [-0.25, -0.2) is 4.90 Å². The summed E-state index contributed by atoms with van der Waals surface area (Å²) in [6.07, 6.45) is 2.30. The maximum absolute atomic E-state index is 11.3. The molecular formula is C18H29N3O10. The first kappa shape index (κ1) is 26.3. The Labute approximate surface area is 179 Å². The predicted molar refractivity (Wildman–Crippen MR) is 103 cm³/mol. The first-order chi connectivity index (χ1) is 14.7. The summed E-state index contributed by atoms with van der Waals surface area (Å²) in [6.45, 7) is 0.0890. The minimum Gasteiger partial charge on any atom is -0.480 e. The fourth-order valence-corrected chi connectivity index (χ4v) is 3.67. The van der Waals surface area contributed by atoms with Gasteiger partial charge in [0.05, 0.1) is 19.6 Å². The lowest BCUT2D eigenvalue weighted by molar-refractivity contribution is -0.143. The second-order valence-corrected chi connectivity index (χ2v) is 7.57. The monoisotopic (exact) mass is 447 g/mol. The standard InChI is InChI=1S/C18H29N3O10/c22-13-30-11-20(12-31-14-23)5-4-19(6-15(24)25)9-18(2-1-3-18)10-21(7-16(26)27)8-17(28)29/h13-14H,1-12H2,(H,24,25)(H,26,27)(H,28,29). The number of aliphatic carboxylic acids is 3. The molecule has 0 aliphatic heterocycles. The number of rotatable bonds is 19. The molecule has 0 saturated heterocycles. The summed E-state index contributed by atoms with van der Waals surface area (Å²) < 4.78 is 9.33. The molecule has 0 amide bonds. The lowest BCUT2D eigenvalue weighted by atomic mass is 9.68. The Morgan fingerprint density at radius 3 is 1.55 bits per heavy atom. The third-order valence-corrected chi connectivity index (χ3v) is 4.99. The van der Waals surface area contributed by atoms with Gasteiger partial charge in [0.1, 0.15) is 13.5 Å². The van der Waals surface area contributed by atoms with E-state index in [1.807, 2.05) is 0 Å². The highest BCUT2D eigenvalue weighted by molar-refractivity contribution is 5.72. The predicted octanol–water partition coefficient (Wildman–Crippen LogP) is -1.42. The van der Waals surface area contributed by atoms with Gasteiger partial charge in [0.2, 0.25) is 0 Å². The van der Waals surface area contributed by atoms with Gasteiger partial charge in [0.15, 0.2) is 0 Å². The normalized spacial score (nSPS) is 14.8. The average Bonchev–Trinajstić information content (AvgIpc) is 2.63. The van der Waals surface area contributed by atoms with E-state index in [9.17, 15) is 29.1 Å². The molecule has 0 spiro atoms. The van der Waals surface area contributed by atoms with Gasteiger partial charge in [-0.2, -0.15) is 0 Å². The van der Waals surface area contributed by atoms with Gasteiger partial charge >= 0.3 is 17.9 Å². The second-order valence-electron chi connectivity index (χ2n) is 7.57. The van der Waals surface area contributed by atoms with E-state index in [1.165, 1.54) is 9.80 Å². The maximum Gasteiger partial charge on any atom is 0.317 e. The van der Waals surface area contributed by atoms with Crippen molar-refractivity contribution in [2.24, 2.45) is 5.41 Å². The number of nitrogens with zero attached hydrogens (tertiary/aromatic N) is 3. The van der Waals surface area contributed by atoms with Crippen LogP contribution >= 0.6 is 0 Å². The third kappa shape index (κ3) is 10.7. The first-order valence-electron chi connectivity index (χ1n) is 9.62. The highest BCUT2D eigenvalue weighted by Gasteiger charge is 2.40. The van der Waals surface area contributed by atoms with E-state index >= 15 is 0 Å². The van der Waals surface area contributed by atoms with Gasteiger partial charge in [-0.15, -0.1) is 0 Å².